The summed E-state index contributed by atoms with van der Waals surface area (Å²) in [5.41, 5.74) is 7.16. The Morgan fingerprint density at radius 2 is 2.00 bits per heavy atom. The Labute approximate surface area is 95.2 Å². The van der Waals surface area contributed by atoms with E-state index in [0.29, 0.717) is 0 Å². The summed E-state index contributed by atoms with van der Waals surface area (Å²) in [6.07, 6.45) is 3.41. The third-order valence-corrected chi connectivity index (χ3v) is 2.77. The molecule has 2 N–H and O–H groups in total. The van der Waals surface area contributed by atoms with Crippen LogP contribution in [0.5, 0.6) is 0 Å². The smallest absolute Gasteiger partial charge is 0.125 e. The zero-order valence-electron chi connectivity index (χ0n) is 9.69. The molecular weight excluding hydrogens is 202 g/mol. The summed E-state index contributed by atoms with van der Waals surface area (Å²) in [4.78, 5) is 0. The largest absolute Gasteiger partial charge is 0.469 e. The van der Waals surface area contributed by atoms with Crippen LogP contribution in [0.15, 0.2) is 33.3 Å². The van der Waals surface area contributed by atoms with Crippen LogP contribution in [-0.2, 0) is 12.8 Å². The third-order valence-electron chi connectivity index (χ3n) is 2.77. The monoisotopic (exact) mass is 219 g/mol. The first-order chi connectivity index (χ1) is 7.76. The fraction of sp³-hybridized carbons (Fsp3) is 0.385. The molecule has 0 aromatic carbocycles. The van der Waals surface area contributed by atoms with Crippen molar-refractivity contribution in [2.45, 2.75) is 32.7 Å². The van der Waals surface area contributed by atoms with Gasteiger partial charge in [-0.05, 0) is 18.2 Å². The van der Waals surface area contributed by atoms with Crippen molar-refractivity contribution in [1.29, 1.82) is 0 Å². The van der Waals surface area contributed by atoms with Crippen molar-refractivity contribution in [3.63, 3.8) is 0 Å². The molecule has 0 amide bonds. The van der Waals surface area contributed by atoms with Crippen molar-refractivity contribution in [3.05, 3.63) is 47.3 Å². The summed E-state index contributed by atoms with van der Waals surface area (Å²) in [6.45, 7) is 4.11. The highest BCUT2D eigenvalue weighted by Crippen LogP contribution is 2.25. The molecule has 1 atom stereocenters. The minimum atomic E-state index is -0.228. The fourth-order valence-electron chi connectivity index (χ4n) is 1.82. The van der Waals surface area contributed by atoms with Gasteiger partial charge in [-0.2, -0.15) is 0 Å². The average molecular weight is 219 g/mol. The van der Waals surface area contributed by atoms with E-state index in [1.807, 2.05) is 18.2 Å². The van der Waals surface area contributed by atoms with Gasteiger partial charge in [0, 0.05) is 18.4 Å². The van der Waals surface area contributed by atoms with E-state index in [-0.39, 0.29) is 6.04 Å². The lowest BCUT2D eigenvalue weighted by atomic mass is 10.1. The van der Waals surface area contributed by atoms with Crippen molar-refractivity contribution >= 4 is 0 Å². The second-order valence-corrected chi connectivity index (χ2v) is 3.79. The molecule has 0 radical (unpaired) electrons. The van der Waals surface area contributed by atoms with E-state index >= 15 is 0 Å². The van der Waals surface area contributed by atoms with Crippen LogP contribution < -0.4 is 5.73 Å². The summed E-state index contributed by atoms with van der Waals surface area (Å²) < 4.78 is 11.0. The van der Waals surface area contributed by atoms with Gasteiger partial charge in [-0.1, -0.05) is 13.8 Å². The molecule has 2 aromatic rings. The van der Waals surface area contributed by atoms with E-state index < -0.39 is 0 Å². The Hall–Kier alpha value is -1.48. The summed E-state index contributed by atoms with van der Waals surface area (Å²) >= 11 is 0. The predicted octanol–water partition coefficient (Wildman–Crippen LogP) is 3.05. The average Bonchev–Trinajstić information content (AvgIpc) is 2.96. The molecule has 1 unspecified atom stereocenters. The van der Waals surface area contributed by atoms with Crippen LogP contribution in [0.2, 0.25) is 0 Å². The first kappa shape index (κ1) is 11.0. The van der Waals surface area contributed by atoms with Gasteiger partial charge in [0.2, 0.25) is 0 Å². The highest BCUT2D eigenvalue weighted by molar-refractivity contribution is 5.28. The van der Waals surface area contributed by atoms with E-state index in [1.54, 1.807) is 6.26 Å². The van der Waals surface area contributed by atoms with Crippen molar-refractivity contribution in [1.82, 2.24) is 0 Å². The molecular formula is C13H17NO2. The Kier molecular flexibility index (Phi) is 3.15. The zero-order chi connectivity index (χ0) is 11.5. The maximum Gasteiger partial charge on any atom is 0.125 e. The first-order valence-corrected chi connectivity index (χ1v) is 5.66. The van der Waals surface area contributed by atoms with Crippen molar-refractivity contribution < 1.29 is 8.83 Å². The third kappa shape index (κ3) is 1.91. The normalized spacial score (nSPS) is 12.9. The molecule has 3 heteroatoms. The Bertz CT molecular complexity index is 456. The summed E-state index contributed by atoms with van der Waals surface area (Å²) in [7, 11) is 0. The van der Waals surface area contributed by atoms with Crippen LogP contribution in [0.1, 0.15) is 42.7 Å². The fourth-order valence-corrected chi connectivity index (χ4v) is 1.82. The lowest BCUT2D eigenvalue weighted by Gasteiger charge is -2.08. The van der Waals surface area contributed by atoms with Crippen LogP contribution in [0.25, 0.3) is 0 Å². The number of hydrogen-bond acceptors (Lipinski definition) is 3. The predicted molar refractivity (Wildman–Crippen MR) is 62.2 cm³/mol. The van der Waals surface area contributed by atoms with Crippen LogP contribution in [0, 0.1) is 0 Å². The van der Waals surface area contributed by atoms with E-state index in [9.17, 15) is 0 Å². The number of nitrogens with two attached hydrogens (primary N) is 1. The van der Waals surface area contributed by atoms with Crippen LogP contribution >= 0.6 is 0 Å². The minimum Gasteiger partial charge on any atom is -0.469 e. The van der Waals surface area contributed by atoms with Gasteiger partial charge in [0.1, 0.15) is 17.3 Å². The van der Waals surface area contributed by atoms with Gasteiger partial charge in [0.05, 0.1) is 12.3 Å². The lowest BCUT2D eigenvalue weighted by Crippen LogP contribution is -2.11. The number of aryl methyl sites for hydroxylation is 2. The summed E-state index contributed by atoms with van der Waals surface area (Å²) in [5, 5.41) is 0. The molecule has 0 fully saturated rings. The molecule has 0 aliphatic heterocycles. The Morgan fingerprint density at radius 1 is 1.19 bits per heavy atom. The second kappa shape index (κ2) is 4.58. The van der Waals surface area contributed by atoms with Gasteiger partial charge < -0.3 is 14.6 Å². The molecule has 0 aliphatic carbocycles. The zero-order valence-corrected chi connectivity index (χ0v) is 9.69. The van der Waals surface area contributed by atoms with Gasteiger partial charge in [0.25, 0.3) is 0 Å². The molecule has 3 nitrogen and oxygen atoms in total. The maximum atomic E-state index is 6.15. The molecule has 16 heavy (non-hydrogen) atoms. The quantitative estimate of drug-likeness (QED) is 0.859. The van der Waals surface area contributed by atoms with Crippen LogP contribution in [0.4, 0.5) is 0 Å². The summed E-state index contributed by atoms with van der Waals surface area (Å²) in [6, 6.07) is 5.60. The molecule has 0 saturated carbocycles. The Morgan fingerprint density at radius 3 is 2.62 bits per heavy atom. The van der Waals surface area contributed by atoms with Crippen LogP contribution in [0.3, 0.4) is 0 Å². The summed E-state index contributed by atoms with van der Waals surface area (Å²) in [5.74, 6) is 2.70. The van der Waals surface area contributed by atoms with Crippen LogP contribution in [-0.4, -0.2) is 0 Å². The topological polar surface area (TPSA) is 52.3 Å². The van der Waals surface area contributed by atoms with Gasteiger partial charge >= 0.3 is 0 Å². The molecule has 2 heterocycles. The van der Waals surface area contributed by atoms with Crippen molar-refractivity contribution in [2.75, 3.05) is 0 Å². The van der Waals surface area contributed by atoms with Gasteiger partial charge in [-0.3, -0.25) is 0 Å². The van der Waals surface area contributed by atoms with Gasteiger partial charge in [-0.25, -0.2) is 0 Å². The molecule has 86 valence electrons. The standard InChI is InChI=1S/C13H17NO2/c1-3-9-5-6-12(16-9)13(14)10-7-8-15-11(10)4-2/h5-8,13H,3-4,14H2,1-2H3. The van der Waals surface area contributed by atoms with E-state index in [2.05, 4.69) is 13.8 Å². The maximum absolute atomic E-state index is 6.15. The second-order valence-electron chi connectivity index (χ2n) is 3.79. The van der Waals surface area contributed by atoms with E-state index in [1.165, 1.54) is 0 Å². The molecule has 0 aliphatic rings. The Balaban J connectivity index is 2.27. The highest BCUT2D eigenvalue weighted by Gasteiger charge is 2.17. The lowest BCUT2D eigenvalue weighted by molar-refractivity contribution is 0.448. The SMILES string of the molecule is CCc1ccc(C(N)c2ccoc2CC)o1. The number of rotatable bonds is 4. The van der Waals surface area contributed by atoms with E-state index in [0.717, 1.165) is 35.7 Å². The molecule has 0 bridgehead atoms. The number of furan rings is 2. The van der Waals surface area contributed by atoms with Crippen molar-refractivity contribution in [3.8, 4) is 0 Å². The minimum absolute atomic E-state index is 0.228. The van der Waals surface area contributed by atoms with Gasteiger partial charge in [-0.15, -0.1) is 0 Å². The molecule has 2 rings (SSSR count). The highest BCUT2D eigenvalue weighted by atomic mass is 16.3. The van der Waals surface area contributed by atoms with E-state index in [4.69, 9.17) is 14.6 Å². The molecule has 0 spiro atoms. The molecule has 0 saturated heterocycles. The van der Waals surface area contributed by atoms with Crippen molar-refractivity contribution in [2.24, 2.45) is 5.73 Å². The first-order valence-electron chi connectivity index (χ1n) is 5.66. The molecule has 2 aromatic heterocycles. The van der Waals surface area contributed by atoms with Gasteiger partial charge in [0.15, 0.2) is 0 Å². The number of hydrogen-bond donors (Lipinski definition) is 1.